The summed E-state index contributed by atoms with van der Waals surface area (Å²) in [7, 11) is 0. The zero-order valence-electron chi connectivity index (χ0n) is 23.3. The summed E-state index contributed by atoms with van der Waals surface area (Å²) in [6.45, 7) is 8.63. The molecule has 4 heteroatoms. The Morgan fingerprint density at radius 3 is 1.25 bits per heavy atom. The van der Waals surface area contributed by atoms with E-state index in [1.807, 2.05) is 0 Å². The van der Waals surface area contributed by atoms with Crippen LogP contribution >= 0.6 is 0 Å². The Hall–Kier alpha value is -4.96. The molecule has 7 rings (SSSR count). The molecule has 4 nitrogen and oxygen atoms in total. The lowest BCUT2D eigenvalue weighted by Gasteiger charge is -2.02. The number of hydrogen-bond donors (Lipinski definition) is 0. The molecule has 0 bridgehead atoms. The van der Waals surface area contributed by atoms with E-state index in [0.717, 1.165) is 11.4 Å². The van der Waals surface area contributed by atoms with Gasteiger partial charge in [-0.3, -0.25) is 0 Å². The minimum atomic E-state index is 1.12. The highest BCUT2D eigenvalue weighted by molar-refractivity contribution is 5.76. The van der Waals surface area contributed by atoms with Crippen molar-refractivity contribution < 1.29 is 9.13 Å². The molecule has 2 aromatic heterocycles. The van der Waals surface area contributed by atoms with E-state index >= 15 is 0 Å². The second-order valence-corrected chi connectivity index (χ2v) is 10.9. The predicted octanol–water partition coefficient (Wildman–Crippen LogP) is 7.36. The summed E-state index contributed by atoms with van der Waals surface area (Å²) in [6, 6.07) is 39.5. The van der Waals surface area contributed by atoms with Gasteiger partial charge < -0.3 is 0 Å². The minimum Gasteiger partial charge on any atom is -0.195 e. The first-order valence-corrected chi connectivity index (χ1v) is 13.8. The number of nitrogens with zero attached hydrogens (tertiary/aromatic N) is 4. The average molecular weight is 521 g/mol. The van der Waals surface area contributed by atoms with Crippen molar-refractivity contribution in [2.45, 2.75) is 27.7 Å². The number of benzene rings is 5. The SMILES string of the molecule is Cc1cc(C)cc(-n2c[n+](-c3cccc(-[n+]4cn(-c5cc(C)cc(C)c5)c5ccccc54)c3)c3ccccc32)c1. The van der Waals surface area contributed by atoms with E-state index in [1.165, 1.54) is 55.7 Å². The molecular weight excluding hydrogens is 488 g/mol. The molecule has 0 saturated carbocycles. The van der Waals surface area contributed by atoms with Crippen LogP contribution in [0, 0.1) is 27.7 Å². The summed E-state index contributed by atoms with van der Waals surface area (Å²) in [4.78, 5) is 0. The smallest absolute Gasteiger partial charge is 0.195 e. The van der Waals surface area contributed by atoms with Crippen LogP contribution in [0.1, 0.15) is 22.3 Å². The summed E-state index contributed by atoms with van der Waals surface area (Å²) in [6.07, 6.45) is 4.42. The Bertz CT molecular complexity index is 1870. The number of imidazole rings is 2. The van der Waals surface area contributed by atoms with E-state index in [2.05, 4.69) is 168 Å². The molecule has 0 aliphatic carbocycles. The van der Waals surface area contributed by atoms with Crippen LogP contribution in [0.25, 0.3) is 44.8 Å². The lowest BCUT2D eigenvalue weighted by atomic mass is 10.1. The van der Waals surface area contributed by atoms with Gasteiger partial charge in [0.05, 0.1) is 0 Å². The van der Waals surface area contributed by atoms with Gasteiger partial charge >= 0.3 is 0 Å². The molecule has 0 atom stereocenters. The standard InChI is InChI=1S/C36H32N4/c1-25-16-26(2)19-31(18-25)39-23-37(33-12-5-7-14-35(33)39)29-10-9-11-30(22-29)38-24-40(36-15-8-6-13-34(36)38)32-20-27(3)17-28(4)21-32/h5-24H,1-4H3/q+2. The Balaban J connectivity index is 1.40. The van der Waals surface area contributed by atoms with Crippen LogP contribution in [-0.2, 0) is 0 Å². The highest BCUT2D eigenvalue weighted by atomic mass is 15.2. The fraction of sp³-hybridized carbons (Fsp3) is 0.111. The van der Waals surface area contributed by atoms with Crippen LogP contribution in [0.3, 0.4) is 0 Å². The van der Waals surface area contributed by atoms with Gasteiger partial charge in [-0.15, -0.1) is 0 Å². The second kappa shape index (κ2) is 9.35. The Morgan fingerprint density at radius 1 is 0.425 bits per heavy atom. The fourth-order valence-electron chi connectivity index (χ4n) is 6.02. The maximum atomic E-state index is 2.29. The molecule has 0 aliphatic rings. The van der Waals surface area contributed by atoms with Gasteiger partial charge in [-0.25, -0.2) is 0 Å². The Morgan fingerprint density at radius 2 is 0.825 bits per heavy atom. The van der Waals surface area contributed by atoms with E-state index < -0.39 is 0 Å². The van der Waals surface area contributed by atoms with Crippen LogP contribution in [0.5, 0.6) is 0 Å². The number of hydrogen-bond acceptors (Lipinski definition) is 0. The zero-order valence-corrected chi connectivity index (χ0v) is 23.3. The van der Waals surface area contributed by atoms with Crippen molar-refractivity contribution in [1.82, 2.24) is 9.13 Å². The van der Waals surface area contributed by atoms with Crippen molar-refractivity contribution in [2.75, 3.05) is 0 Å². The van der Waals surface area contributed by atoms with E-state index in [4.69, 9.17) is 0 Å². The first-order valence-electron chi connectivity index (χ1n) is 13.8. The first kappa shape index (κ1) is 24.1. The van der Waals surface area contributed by atoms with Gasteiger partial charge in [-0.2, -0.15) is 18.3 Å². The van der Waals surface area contributed by atoms with Crippen molar-refractivity contribution in [3.63, 3.8) is 0 Å². The van der Waals surface area contributed by atoms with Gasteiger partial charge in [-0.05, 0) is 111 Å². The molecule has 40 heavy (non-hydrogen) atoms. The minimum absolute atomic E-state index is 1.12. The van der Waals surface area contributed by atoms with Gasteiger partial charge in [0.1, 0.15) is 22.7 Å². The monoisotopic (exact) mass is 520 g/mol. The zero-order chi connectivity index (χ0) is 27.4. The lowest BCUT2D eigenvalue weighted by Crippen LogP contribution is -2.32. The third kappa shape index (κ3) is 4.09. The molecular formula is C36H32N4+2. The number of aryl methyl sites for hydroxylation is 4. The van der Waals surface area contributed by atoms with Crippen molar-refractivity contribution in [1.29, 1.82) is 0 Å². The maximum Gasteiger partial charge on any atom is 0.255 e. The molecule has 0 N–H and O–H groups in total. The molecule has 194 valence electrons. The van der Waals surface area contributed by atoms with Crippen molar-refractivity contribution in [3.05, 3.63) is 144 Å². The molecule has 2 heterocycles. The molecule has 0 saturated heterocycles. The van der Waals surface area contributed by atoms with Gasteiger partial charge in [0, 0.05) is 6.07 Å². The van der Waals surface area contributed by atoms with Crippen molar-refractivity contribution in [2.24, 2.45) is 0 Å². The summed E-state index contributed by atoms with van der Waals surface area (Å²) in [5.41, 5.74) is 14.3. The highest BCUT2D eigenvalue weighted by Crippen LogP contribution is 2.23. The molecule has 0 aliphatic heterocycles. The molecule has 7 aromatic rings. The number of para-hydroxylation sites is 4. The van der Waals surface area contributed by atoms with E-state index in [-0.39, 0.29) is 0 Å². The summed E-state index contributed by atoms with van der Waals surface area (Å²) in [5, 5.41) is 0. The topological polar surface area (TPSA) is 17.6 Å². The second-order valence-electron chi connectivity index (χ2n) is 10.9. The van der Waals surface area contributed by atoms with E-state index in [0.29, 0.717) is 0 Å². The van der Waals surface area contributed by atoms with Crippen LogP contribution in [0.4, 0.5) is 0 Å². The number of aromatic nitrogens is 4. The average Bonchev–Trinajstić information content (AvgIpc) is 3.52. The maximum absolute atomic E-state index is 2.29. The first-order chi connectivity index (χ1) is 19.4. The third-order valence-corrected chi connectivity index (χ3v) is 7.62. The van der Waals surface area contributed by atoms with E-state index in [9.17, 15) is 0 Å². The van der Waals surface area contributed by atoms with Crippen LogP contribution in [-0.4, -0.2) is 9.13 Å². The van der Waals surface area contributed by atoms with Gasteiger partial charge in [-0.1, -0.05) is 42.5 Å². The summed E-state index contributed by atoms with van der Waals surface area (Å²) >= 11 is 0. The fourth-order valence-corrected chi connectivity index (χ4v) is 6.02. The summed E-state index contributed by atoms with van der Waals surface area (Å²) in [5.74, 6) is 0. The van der Waals surface area contributed by atoms with Crippen molar-refractivity contribution in [3.8, 4) is 22.7 Å². The molecule has 0 unspecified atom stereocenters. The Kier molecular flexibility index (Phi) is 5.64. The van der Waals surface area contributed by atoms with Crippen LogP contribution in [0.15, 0.2) is 122 Å². The molecule has 5 aromatic carbocycles. The largest absolute Gasteiger partial charge is 0.255 e. The molecule has 0 amide bonds. The van der Waals surface area contributed by atoms with Crippen LogP contribution in [0.2, 0.25) is 0 Å². The van der Waals surface area contributed by atoms with Crippen molar-refractivity contribution >= 4 is 22.1 Å². The number of fused-ring (bicyclic) bond motifs is 2. The van der Waals surface area contributed by atoms with E-state index in [1.54, 1.807) is 0 Å². The number of rotatable bonds is 4. The molecule has 0 radical (unpaired) electrons. The Labute approximate surface area is 234 Å². The lowest BCUT2D eigenvalue weighted by molar-refractivity contribution is -0.576. The molecule has 0 spiro atoms. The van der Waals surface area contributed by atoms with Gasteiger partial charge in [0.25, 0.3) is 12.7 Å². The normalized spacial score (nSPS) is 11.5. The highest BCUT2D eigenvalue weighted by Gasteiger charge is 2.22. The third-order valence-electron chi connectivity index (χ3n) is 7.62. The van der Waals surface area contributed by atoms with Gasteiger partial charge in [0.15, 0.2) is 22.1 Å². The summed E-state index contributed by atoms with van der Waals surface area (Å²) < 4.78 is 9.17. The molecule has 0 fully saturated rings. The quantitative estimate of drug-likeness (QED) is 0.216. The van der Waals surface area contributed by atoms with Gasteiger partial charge in [0.2, 0.25) is 0 Å². The predicted molar refractivity (Wildman–Crippen MR) is 162 cm³/mol. The van der Waals surface area contributed by atoms with Crippen LogP contribution < -0.4 is 9.13 Å².